The van der Waals surface area contributed by atoms with Crippen LogP contribution >= 0.6 is 0 Å². The summed E-state index contributed by atoms with van der Waals surface area (Å²) in [6.07, 6.45) is 21.7. The van der Waals surface area contributed by atoms with Crippen LogP contribution in [0.15, 0.2) is 12.2 Å². The number of allylic oxidation sites excluding steroid dienone is 2. The molecular weight excluding hydrogens is 444 g/mol. The lowest BCUT2D eigenvalue weighted by molar-refractivity contribution is 0.0455. The van der Waals surface area contributed by atoms with Crippen molar-refractivity contribution >= 4 is 0 Å². The van der Waals surface area contributed by atoms with Crippen molar-refractivity contribution in [1.82, 2.24) is 0 Å². The van der Waals surface area contributed by atoms with Gasteiger partial charge in [0.2, 0.25) is 0 Å². The van der Waals surface area contributed by atoms with Crippen molar-refractivity contribution in [3.8, 4) is 0 Å². The molecule has 0 heteroatoms. The third kappa shape index (κ3) is 5.67. The molecule has 0 aromatic carbocycles. The van der Waals surface area contributed by atoms with Gasteiger partial charge in [-0.25, -0.2) is 0 Å². The number of rotatable bonds is 0. The molecule has 0 radical (unpaired) electrons. The van der Waals surface area contributed by atoms with E-state index in [9.17, 15) is 0 Å². The zero-order valence-electron chi connectivity index (χ0n) is 26.2. The molecule has 0 amide bonds. The van der Waals surface area contributed by atoms with Crippen molar-refractivity contribution < 1.29 is 0 Å². The molecule has 8 saturated carbocycles. The third-order valence-electron chi connectivity index (χ3n) is 15.1. The molecule has 0 nitrogen and oxygen atoms in total. The number of fused-ring (bicyclic) bond motifs is 9. The smallest absolute Gasteiger partial charge is 0.0199 e. The van der Waals surface area contributed by atoms with Crippen molar-refractivity contribution in [2.75, 3.05) is 0 Å². The van der Waals surface area contributed by atoms with E-state index in [1.807, 2.05) is 0 Å². The third-order valence-corrected chi connectivity index (χ3v) is 15.1. The minimum atomic E-state index is 0.935. The maximum Gasteiger partial charge on any atom is -0.0199 e. The van der Waals surface area contributed by atoms with Crippen molar-refractivity contribution in [3.63, 3.8) is 0 Å². The Kier molecular flexibility index (Phi) is 8.93. The van der Waals surface area contributed by atoms with Crippen LogP contribution in [-0.2, 0) is 0 Å². The quantitative estimate of drug-likeness (QED) is 0.285. The molecule has 0 aromatic rings. The fraction of sp³-hybridized carbons (Fsp3) is 0.946. The van der Waals surface area contributed by atoms with Gasteiger partial charge in [0.05, 0.1) is 0 Å². The average Bonchev–Trinajstić information content (AvgIpc) is 3.75. The molecule has 0 unspecified atom stereocenters. The topological polar surface area (TPSA) is 0 Å². The zero-order chi connectivity index (χ0) is 26.4. The fourth-order valence-corrected chi connectivity index (χ4v) is 11.1. The summed E-state index contributed by atoms with van der Waals surface area (Å²) in [6, 6.07) is 0. The highest BCUT2D eigenvalue weighted by atomic mass is 14.5. The van der Waals surface area contributed by atoms with Gasteiger partial charge in [-0.3, -0.25) is 0 Å². The summed E-state index contributed by atoms with van der Waals surface area (Å²) in [5, 5.41) is 0. The Morgan fingerprint density at radius 1 is 0.297 bits per heavy atom. The Labute approximate surface area is 232 Å². The Balaban J connectivity index is 0.000000101. The molecule has 0 heterocycles. The summed E-state index contributed by atoms with van der Waals surface area (Å²) < 4.78 is 0. The summed E-state index contributed by atoms with van der Waals surface area (Å²) in [4.78, 5) is 0. The molecule has 9 rings (SSSR count). The van der Waals surface area contributed by atoms with Gasteiger partial charge in [0.1, 0.15) is 0 Å². The van der Waals surface area contributed by atoms with Crippen LogP contribution in [0.5, 0.6) is 0 Å². The summed E-state index contributed by atoms with van der Waals surface area (Å²) in [7, 11) is 0. The van der Waals surface area contributed by atoms with E-state index in [-0.39, 0.29) is 0 Å². The second-order valence-electron chi connectivity index (χ2n) is 16.2. The lowest BCUT2D eigenvalue weighted by Gasteiger charge is -2.46. The van der Waals surface area contributed by atoms with Gasteiger partial charge < -0.3 is 0 Å². The van der Waals surface area contributed by atoms with Crippen molar-refractivity contribution in [1.29, 1.82) is 0 Å². The maximum atomic E-state index is 2.46. The van der Waals surface area contributed by atoms with E-state index in [0.717, 1.165) is 94.7 Å². The molecule has 0 N–H and O–H groups in total. The molecule has 9 aliphatic rings. The summed E-state index contributed by atoms with van der Waals surface area (Å²) in [5.41, 5.74) is 0. The van der Waals surface area contributed by atoms with Crippen LogP contribution in [0.25, 0.3) is 0 Å². The minimum absolute atomic E-state index is 0.935. The highest BCUT2D eigenvalue weighted by Crippen LogP contribution is 2.53. The second-order valence-corrected chi connectivity index (χ2v) is 16.2. The Hall–Kier alpha value is -0.260. The van der Waals surface area contributed by atoms with E-state index < -0.39 is 0 Å². The van der Waals surface area contributed by atoms with Gasteiger partial charge in [0, 0.05) is 0 Å². The van der Waals surface area contributed by atoms with E-state index >= 15 is 0 Å². The van der Waals surface area contributed by atoms with Gasteiger partial charge in [0.25, 0.3) is 0 Å². The van der Waals surface area contributed by atoms with Crippen LogP contribution in [0.4, 0.5) is 0 Å². The first kappa shape index (κ1) is 28.3. The predicted molar refractivity (Wildman–Crippen MR) is 161 cm³/mol. The molecule has 14 atom stereocenters. The molecule has 212 valence electrons. The van der Waals surface area contributed by atoms with Crippen LogP contribution in [0.3, 0.4) is 0 Å². The minimum Gasteiger partial charge on any atom is -0.0848 e. The van der Waals surface area contributed by atoms with Crippen LogP contribution in [-0.4, -0.2) is 0 Å². The Bertz CT molecular complexity index is 654. The summed E-state index contributed by atoms with van der Waals surface area (Å²) >= 11 is 0. The van der Waals surface area contributed by atoms with Gasteiger partial charge >= 0.3 is 0 Å². The Morgan fingerprint density at radius 3 is 0.703 bits per heavy atom. The lowest BCUT2D eigenvalue weighted by atomic mass is 9.60. The standard InChI is InChI=1S/C10H18.2C9H16.C9H14/c1-7-8(2)10-5-3-9(7)4-6-10;3*1-6-7(2)9-4-3-8(6)5-9/h7-10H,3-6H2,1-2H3;2*6-9H,3-5H2,1-2H3;3-4,6-9H,5H2,1-2H3/t7-,8-,9?,10?;3*6-,7-,8-,9+/m1111/s1. The normalized spacial score (nSPS) is 55.4. The van der Waals surface area contributed by atoms with Crippen LogP contribution in [0.1, 0.15) is 126 Å². The molecule has 0 aromatic heterocycles. The van der Waals surface area contributed by atoms with E-state index in [2.05, 4.69) is 67.5 Å². The molecule has 0 spiro atoms. The zero-order valence-corrected chi connectivity index (χ0v) is 26.2. The van der Waals surface area contributed by atoms with E-state index in [1.165, 1.54) is 57.8 Å². The van der Waals surface area contributed by atoms with E-state index in [4.69, 9.17) is 0 Å². The van der Waals surface area contributed by atoms with Gasteiger partial charge in [-0.2, -0.15) is 0 Å². The monoisotopic (exact) mass is 509 g/mol. The first-order valence-electron chi connectivity index (χ1n) is 17.3. The molecule has 9 aliphatic carbocycles. The van der Waals surface area contributed by atoms with Crippen LogP contribution in [0, 0.1) is 94.7 Å². The first-order valence-corrected chi connectivity index (χ1v) is 17.3. The lowest BCUT2D eigenvalue weighted by Crippen LogP contribution is -2.36. The molecular formula is C37H64. The highest BCUT2D eigenvalue weighted by molar-refractivity contribution is 5.11. The number of hydrogen-bond acceptors (Lipinski definition) is 0. The highest BCUT2D eigenvalue weighted by Gasteiger charge is 2.43. The van der Waals surface area contributed by atoms with Crippen molar-refractivity contribution in [3.05, 3.63) is 12.2 Å². The molecule has 0 aliphatic heterocycles. The summed E-state index contributed by atoms with van der Waals surface area (Å²) in [6.45, 7) is 19.4. The van der Waals surface area contributed by atoms with Gasteiger partial charge in [0.15, 0.2) is 0 Å². The van der Waals surface area contributed by atoms with Crippen molar-refractivity contribution in [2.24, 2.45) is 94.7 Å². The van der Waals surface area contributed by atoms with Gasteiger partial charge in [-0.05, 0) is 165 Å². The van der Waals surface area contributed by atoms with Crippen LogP contribution < -0.4 is 0 Å². The predicted octanol–water partition coefficient (Wildman–Crippen LogP) is 10.9. The molecule has 8 fully saturated rings. The molecule has 8 bridgehead atoms. The average molecular weight is 509 g/mol. The molecule has 0 saturated heterocycles. The largest absolute Gasteiger partial charge is 0.0848 e. The van der Waals surface area contributed by atoms with Crippen molar-refractivity contribution in [2.45, 2.75) is 126 Å². The summed E-state index contributed by atoms with van der Waals surface area (Å²) in [5.74, 6) is 16.7. The second kappa shape index (κ2) is 11.7. The fourth-order valence-electron chi connectivity index (χ4n) is 11.1. The molecule has 37 heavy (non-hydrogen) atoms. The Morgan fingerprint density at radius 2 is 0.541 bits per heavy atom. The SMILES string of the molecule is C[C@@H]1[C@@H](C)[C@H]2C=C[C@@H]1C2.C[C@H]1C2CCC(CC2)[C@@H]1C.C[C@H]1[C@@H]2CC[C@@H](C2)[C@@H]1C.C[C@H]1[C@@H]2CC[C@@H](C2)[C@@H]1C. The van der Waals surface area contributed by atoms with Crippen LogP contribution in [0.2, 0.25) is 0 Å². The van der Waals surface area contributed by atoms with Gasteiger partial charge in [-0.1, -0.05) is 67.5 Å². The van der Waals surface area contributed by atoms with Gasteiger partial charge in [-0.15, -0.1) is 0 Å². The van der Waals surface area contributed by atoms with E-state index in [1.54, 1.807) is 12.8 Å². The maximum absolute atomic E-state index is 2.46. The number of hydrogen-bond donors (Lipinski definition) is 0. The first-order chi connectivity index (χ1) is 17.7. The van der Waals surface area contributed by atoms with E-state index in [0.29, 0.717) is 0 Å².